The maximum atomic E-state index is 5.38. The van der Waals surface area contributed by atoms with Crippen LogP contribution in [-0.4, -0.2) is 9.78 Å². The molecule has 0 saturated heterocycles. The molecule has 0 atom stereocenters. The van der Waals surface area contributed by atoms with Crippen molar-refractivity contribution in [3.63, 3.8) is 0 Å². The molecule has 1 radical (unpaired) electrons. The molecule has 2 aromatic heterocycles. The molecule has 2 heterocycles. The molecule has 77 valence electrons. The quantitative estimate of drug-likeness (QED) is 0.612. The number of fused-ring (bicyclic) bond motifs is 1. The van der Waals surface area contributed by atoms with E-state index in [0.717, 1.165) is 16.7 Å². The molecule has 0 amide bonds. The van der Waals surface area contributed by atoms with Crippen LogP contribution in [0, 0.1) is 6.07 Å². The third-order valence-electron chi connectivity index (χ3n) is 2.13. The first-order valence-electron chi connectivity index (χ1n) is 4.33. The summed E-state index contributed by atoms with van der Waals surface area (Å²) in [5.74, 6) is 0. The Labute approximate surface area is 100 Å². The van der Waals surface area contributed by atoms with E-state index in [-0.39, 0.29) is 20.1 Å². The van der Waals surface area contributed by atoms with Crippen molar-refractivity contribution in [2.75, 3.05) is 0 Å². The van der Waals surface area contributed by atoms with Crippen LogP contribution in [-0.2, 0) is 20.1 Å². The summed E-state index contributed by atoms with van der Waals surface area (Å²) < 4.78 is 7.12. The van der Waals surface area contributed by atoms with E-state index in [1.54, 1.807) is 17.1 Å². The first kappa shape index (κ1) is 10.1. The normalized spacial score (nSPS) is 10.1. The molecule has 3 aromatic rings. The van der Waals surface area contributed by atoms with Gasteiger partial charge < -0.3 is 4.42 Å². The summed E-state index contributed by atoms with van der Waals surface area (Å²) in [5, 5.41) is 5.21. The number of furan rings is 1. The number of rotatable bonds is 1. The summed E-state index contributed by atoms with van der Waals surface area (Å²) in [7, 11) is 0. The molecule has 0 saturated carbocycles. The number of nitrogens with zero attached hydrogens (tertiary/aromatic N) is 2. The molecule has 0 aliphatic rings. The van der Waals surface area contributed by atoms with Crippen LogP contribution < -0.4 is 0 Å². The van der Waals surface area contributed by atoms with Crippen molar-refractivity contribution in [1.82, 2.24) is 9.78 Å². The van der Waals surface area contributed by atoms with Crippen molar-refractivity contribution < 1.29 is 24.5 Å². The fourth-order valence-electron chi connectivity index (χ4n) is 1.49. The van der Waals surface area contributed by atoms with Crippen LogP contribution in [0.3, 0.4) is 0 Å². The van der Waals surface area contributed by atoms with Crippen molar-refractivity contribution in [3.8, 4) is 5.69 Å². The molecule has 0 unspecified atom stereocenters. The van der Waals surface area contributed by atoms with Gasteiger partial charge in [0, 0.05) is 38.1 Å². The van der Waals surface area contributed by atoms with Crippen molar-refractivity contribution in [2.24, 2.45) is 0 Å². The molecule has 15 heavy (non-hydrogen) atoms. The fraction of sp³-hybridized carbons (Fsp3) is 0. The molecule has 0 aliphatic carbocycles. The monoisotopic (exact) mass is 376 g/mol. The van der Waals surface area contributed by atoms with Gasteiger partial charge in [0.15, 0.2) is 0 Å². The second kappa shape index (κ2) is 4.01. The molecular formula is C11H7IrN2O-. The Kier molecular flexibility index (Phi) is 2.71. The Morgan fingerprint density at radius 3 is 3.07 bits per heavy atom. The zero-order valence-electron chi connectivity index (χ0n) is 7.68. The summed E-state index contributed by atoms with van der Waals surface area (Å²) in [4.78, 5) is 0. The second-order valence-electron chi connectivity index (χ2n) is 2.98. The predicted molar refractivity (Wildman–Crippen MR) is 52.2 cm³/mol. The van der Waals surface area contributed by atoms with Gasteiger partial charge in [0.1, 0.15) is 0 Å². The van der Waals surface area contributed by atoms with Gasteiger partial charge in [0.2, 0.25) is 0 Å². The Bertz CT molecular complexity index is 557. The number of hydrogen-bond acceptors (Lipinski definition) is 2. The number of hydrogen-bond donors (Lipinski definition) is 0. The molecule has 1 aromatic carbocycles. The average molecular weight is 375 g/mol. The summed E-state index contributed by atoms with van der Waals surface area (Å²) in [6.45, 7) is 0. The van der Waals surface area contributed by atoms with E-state index in [9.17, 15) is 0 Å². The van der Waals surface area contributed by atoms with Crippen molar-refractivity contribution >= 4 is 11.0 Å². The van der Waals surface area contributed by atoms with E-state index in [1.807, 2.05) is 30.5 Å². The summed E-state index contributed by atoms with van der Waals surface area (Å²) in [5.41, 5.74) is 1.66. The maximum Gasteiger partial charge on any atom is 0.0721 e. The summed E-state index contributed by atoms with van der Waals surface area (Å²) >= 11 is 0. The third kappa shape index (κ3) is 1.62. The molecule has 0 spiro atoms. The summed E-state index contributed by atoms with van der Waals surface area (Å²) in [6.07, 6.45) is 5.27. The Balaban J connectivity index is 0.000000853. The van der Waals surface area contributed by atoms with Gasteiger partial charge in [-0.25, -0.2) is 0 Å². The Morgan fingerprint density at radius 2 is 2.27 bits per heavy atom. The fourth-order valence-corrected chi connectivity index (χ4v) is 1.49. The van der Waals surface area contributed by atoms with E-state index in [0.29, 0.717) is 0 Å². The zero-order chi connectivity index (χ0) is 9.38. The molecule has 3 rings (SSSR count). The van der Waals surface area contributed by atoms with Gasteiger partial charge in [-0.15, -0.1) is 0 Å². The van der Waals surface area contributed by atoms with Crippen molar-refractivity contribution in [1.29, 1.82) is 0 Å². The first-order valence-corrected chi connectivity index (χ1v) is 4.33. The van der Waals surface area contributed by atoms with Crippen LogP contribution >= 0.6 is 0 Å². The van der Waals surface area contributed by atoms with Crippen molar-refractivity contribution in [2.45, 2.75) is 0 Å². The van der Waals surface area contributed by atoms with Crippen LogP contribution in [0.15, 0.2) is 47.3 Å². The standard InChI is InChI=1S/C11H7N2O.Ir/c1-3-9-5-8-14-11(9)10(4-1)13-7-2-6-12-13;/h1-3,5-8H;/q-1;. The van der Waals surface area contributed by atoms with Crippen molar-refractivity contribution in [3.05, 3.63) is 49.0 Å². The van der Waals surface area contributed by atoms with Crippen LogP contribution in [0.1, 0.15) is 0 Å². The van der Waals surface area contributed by atoms with E-state index in [4.69, 9.17) is 4.42 Å². The smallest absolute Gasteiger partial charge is 0.0721 e. The SMILES string of the molecule is [Ir].[c-]1ccc2ccoc2c1-n1cccn1. The average Bonchev–Trinajstić information content (AvgIpc) is 2.88. The van der Waals surface area contributed by atoms with E-state index < -0.39 is 0 Å². The van der Waals surface area contributed by atoms with Gasteiger partial charge in [0.25, 0.3) is 0 Å². The molecule has 0 N–H and O–H groups in total. The van der Waals surface area contributed by atoms with Crippen LogP contribution in [0.2, 0.25) is 0 Å². The van der Waals surface area contributed by atoms with Gasteiger partial charge in [-0.2, -0.15) is 23.3 Å². The van der Waals surface area contributed by atoms with Gasteiger partial charge in [-0.3, -0.25) is 4.68 Å². The Morgan fingerprint density at radius 1 is 1.33 bits per heavy atom. The minimum absolute atomic E-state index is 0. The number of benzene rings is 1. The number of aromatic nitrogens is 2. The van der Waals surface area contributed by atoms with E-state index >= 15 is 0 Å². The second-order valence-corrected chi connectivity index (χ2v) is 2.98. The third-order valence-corrected chi connectivity index (χ3v) is 2.13. The Hall–Kier alpha value is -1.38. The van der Waals surface area contributed by atoms with Crippen LogP contribution in [0.5, 0.6) is 0 Å². The largest absolute Gasteiger partial charge is 0.521 e. The van der Waals surface area contributed by atoms with Gasteiger partial charge in [-0.1, -0.05) is 5.39 Å². The molecule has 0 aliphatic heterocycles. The molecule has 3 nitrogen and oxygen atoms in total. The van der Waals surface area contributed by atoms with Gasteiger partial charge >= 0.3 is 0 Å². The zero-order valence-corrected chi connectivity index (χ0v) is 10.1. The molecule has 4 heteroatoms. The maximum absolute atomic E-state index is 5.38. The predicted octanol–water partition coefficient (Wildman–Crippen LogP) is 2.42. The van der Waals surface area contributed by atoms with Gasteiger partial charge in [-0.05, 0) is 17.8 Å². The van der Waals surface area contributed by atoms with E-state index in [1.165, 1.54) is 0 Å². The molecular weight excluding hydrogens is 368 g/mol. The van der Waals surface area contributed by atoms with Crippen LogP contribution in [0.25, 0.3) is 16.7 Å². The molecule has 0 fully saturated rings. The first-order chi connectivity index (χ1) is 6.95. The van der Waals surface area contributed by atoms with Crippen LogP contribution in [0.4, 0.5) is 0 Å². The minimum Gasteiger partial charge on any atom is -0.521 e. The minimum atomic E-state index is 0. The topological polar surface area (TPSA) is 31.0 Å². The summed E-state index contributed by atoms with van der Waals surface area (Å²) in [6, 6.07) is 10.7. The van der Waals surface area contributed by atoms with Gasteiger partial charge in [0.05, 0.1) is 6.26 Å². The van der Waals surface area contributed by atoms with E-state index in [2.05, 4.69) is 11.2 Å². The molecule has 0 bridgehead atoms.